The Morgan fingerprint density at radius 3 is 2.57 bits per heavy atom. The standard InChI is InChI=1S/C12H22N.HI/c1-13(2,3)12-9-8-10-6-4-5-7-11(10)12;/h8,11-12H,4-7,9H2,1-3H3;1H/q+1;/p-1/t11-,12-;/m0./s1. The Bertz CT molecular complexity index is 227. The first-order valence-electron chi connectivity index (χ1n) is 5.59. The molecule has 0 aromatic heterocycles. The van der Waals surface area contributed by atoms with Gasteiger partial charge in [0.05, 0.1) is 27.2 Å². The van der Waals surface area contributed by atoms with Crippen LogP contribution in [0, 0.1) is 5.92 Å². The predicted octanol–water partition coefficient (Wildman–Crippen LogP) is -0.414. The van der Waals surface area contributed by atoms with Crippen LogP contribution in [0.3, 0.4) is 0 Å². The van der Waals surface area contributed by atoms with Crippen molar-refractivity contribution in [3.05, 3.63) is 11.6 Å². The molecule has 0 heterocycles. The Kier molecular flexibility index (Phi) is 4.03. The molecular formula is C12H22IN. The van der Waals surface area contributed by atoms with Gasteiger partial charge in [-0.2, -0.15) is 0 Å². The summed E-state index contributed by atoms with van der Waals surface area (Å²) in [6.45, 7) is 0. The van der Waals surface area contributed by atoms with Crippen molar-refractivity contribution < 1.29 is 28.5 Å². The van der Waals surface area contributed by atoms with Crippen molar-refractivity contribution >= 4 is 0 Å². The molecule has 0 aliphatic heterocycles. The summed E-state index contributed by atoms with van der Waals surface area (Å²) in [7, 11) is 7.03. The van der Waals surface area contributed by atoms with Crippen LogP contribution in [0.5, 0.6) is 0 Å². The molecule has 2 heteroatoms. The lowest BCUT2D eigenvalue weighted by Crippen LogP contribution is -3.00. The lowest BCUT2D eigenvalue weighted by atomic mass is 9.83. The maximum Gasteiger partial charge on any atom is 0.0985 e. The maximum absolute atomic E-state index is 2.53. The number of nitrogens with zero attached hydrogens (tertiary/aromatic N) is 1. The first kappa shape index (κ1) is 12.5. The molecule has 0 saturated heterocycles. The van der Waals surface area contributed by atoms with E-state index < -0.39 is 0 Å². The summed E-state index contributed by atoms with van der Waals surface area (Å²) in [5.41, 5.74) is 1.78. The molecule has 1 saturated carbocycles. The fourth-order valence-corrected chi connectivity index (χ4v) is 3.05. The summed E-state index contributed by atoms with van der Waals surface area (Å²) < 4.78 is 1.14. The summed E-state index contributed by atoms with van der Waals surface area (Å²) in [4.78, 5) is 0. The minimum Gasteiger partial charge on any atom is -1.00 e. The van der Waals surface area contributed by atoms with Crippen LogP contribution in [0.4, 0.5) is 0 Å². The van der Waals surface area contributed by atoms with Crippen LogP contribution in [0.25, 0.3) is 0 Å². The smallest absolute Gasteiger partial charge is 0.0985 e. The molecule has 14 heavy (non-hydrogen) atoms. The van der Waals surface area contributed by atoms with Crippen LogP contribution in [0.15, 0.2) is 11.6 Å². The van der Waals surface area contributed by atoms with Gasteiger partial charge in [-0.15, -0.1) is 0 Å². The fourth-order valence-electron chi connectivity index (χ4n) is 3.05. The molecule has 82 valence electrons. The van der Waals surface area contributed by atoms with E-state index in [1.165, 1.54) is 32.1 Å². The van der Waals surface area contributed by atoms with Crippen molar-refractivity contribution in [2.75, 3.05) is 21.1 Å². The molecule has 0 radical (unpaired) electrons. The second-order valence-electron chi connectivity index (χ2n) is 5.55. The number of fused-ring (bicyclic) bond motifs is 1. The van der Waals surface area contributed by atoms with E-state index in [1.54, 1.807) is 5.57 Å². The van der Waals surface area contributed by atoms with E-state index in [-0.39, 0.29) is 24.0 Å². The zero-order chi connectivity index (χ0) is 9.47. The molecule has 2 atom stereocenters. The average Bonchev–Trinajstić information content (AvgIpc) is 2.45. The Labute approximate surface area is 105 Å². The summed E-state index contributed by atoms with van der Waals surface area (Å²) in [5.74, 6) is 0.925. The fraction of sp³-hybridized carbons (Fsp3) is 0.833. The summed E-state index contributed by atoms with van der Waals surface area (Å²) in [5, 5.41) is 0. The normalized spacial score (nSPS) is 31.8. The van der Waals surface area contributed by atoms with Gasteiger partial charge in [-0.05, 0) is 19.3 Å². The highest BCUT2D eigenvalue weighted by Crippen LogP contribution is 2.40. The van der Waals surface area contributed by atoms with Crippen LogP contribution in [0.2, 0.25) is 0 Å². The molecule has 0 spiro atoms. The number of quaternary nitrogens is 1. The molecule has 0 bridgehead atoms. The van der Waals surface area contributed by atoms with E-state index in [2.05, 4.69) is 27.2 Å². The van der Waals surface area contributed by atoms with Gasteiger partial charge in [0.2, 0.25) is 0 Å². The molecule has 0 unspecified atom stereocenters. The molecular weight excluding hydrogens is 285 g/mol. The van der Waals surface area contributed by atoms with E-state index in [0.717, 1.165) is 16.4 Å². The first-order valence-corrected chi connectivity index (χ1v) is 5.59. The zero-order valence-electron chi connectivity index (χ0n) is 9.59. The average molecular weight is 307 g/mol. The third kappa shape index (κ3) is 2.32. The van der Waals surface area contributed by atoms with Crippen molar-refractivity contribution in [3.63, 3.8) is 0 Å². The quantitative estimate of drug-likeness (QED) is 0.351. The van der Waals surface area contributed by atoms with Gasteiger partial charge in [0.1, 0.15) is 0 Å². The van der Waals surface area contributed by atoms with E-state index in [0.29, 0.717) is 0 Å². The Morgan fingerprint density at radius 1 is 1.21 bits per heavy atom. The SMILES string of the molecule is C[N+](C)(C)[C@H]1CC=C2CCCC[C@@H]21.[I-]. The minimum atomic E-state index is 0. The largest absolute Gasteiger partial charge is 1.00 e. The van der Waals surface area contributed by atoms with Crippen LogP contribution in [-0.2, 0) is 0 Å². The van der Waals surface area contributed by atoms with Gasteiger partial charge < -0.3 is 28.5 Å². The molecule has 0 N–H and O–H groups in total. The molecule has 2 aliphatic rings. The number of halogens is 1. The van der Waals surface area contributed by atoms with Gasteiger partial charge in [-0.3, -0.25) is 0 Å². The highest BCUT2D eigenvalue weighted by Gasteiger charge is 2.38. The van der Waals surface area contributed by atoms with Gasteiger partial charge in [0.25, 0.3) is 0 Å². The van der Waals surface area contributed by atoms with E-state index >= 15 is 0 Å². The zero-order valence-corrected chi connectivity index (χ0v) is 11.8. The number of rotatable bonds is 1. The van der Waals surface area contributed by atoms with Crippen LogP contribution in [0.1, 0.15) is 32.1 Å². The van der Waals surface area contributed by atoms with Gasteiger partial charge >= 0.3 is 0 Å². The van der Waals surface area contributed by atoms with Gasteiger partial charge in [0.15, 0.2) is 0 Å². The third-order valence-corrected chi connectivity index (χ3v) is 3.79. The minimum absolute atomic E-state index is 0. The van der Waals surface area contributed by atoms with Crippen LogP contribution < -0.4 is 24.0 Å². The lowest BCUT2D eigenvalue weighted by molar-refractivity contribution is -0.898. The predicted molar refractivity (Wildman–Crippen MR) is 56.5 cm³/mol. The lowest BCUT2D eigenvalue weighted by Gasteiger charge is -2.38. The molecule has 0 aromatic carbocycles. The van der Waals surface area contributed by atoms with Crippen molar-refractivity contribution in [1.82, 2.24) is 0 Å². The molecule has 1 fully saturated rings. The van der Waals surface area contributed by atoms with E-state index in [1.807, 2.05) is 0 Å². The van der Waals surface area contributed by atoms with Crippen molar-refractivity contribution in [1.29, 1.82) is 0 Å². The highest BCUT2D eigenvalue weighted by molar-refractivity contribution is 5.17. The Balaban J connectivity index is 0.000000980. The number of hydrogen-bond donors (Lipinski definition) is 0. The Morgan fingerprint density at radius 2 is 1.93 bits per heavy atom. The van der Waals surface area contributed by atoms with Crippen molar-refractivity contribution in [2.24, 2.45) is 5.92 Å². The second kappa shape index (κ2) is 4.52. The summed E-state index contributed by atoms with van der Waals surface area (Å²) >= 11 is 0. The summed E-state index contributed by atoms with van der Waals surface area (Å²) in [6.07, 6.45) is 9.58. The van der Waals surface area contributed by atoms with Gasteiger partial charge in [0, 0.05) is 12.3 Å². The Hall–Kier alpha value is 0.430. The van der Waals surface area contributed by atoms with Gasteiger partial charge in [-0.25, -0.2) is 0 Å². The van der Waals surface area contributed by atoms with E-state index in [9.17, 15) is 0 Å². The maximum atomic E-state index is 2.53. The van der Waals surface area contributed by atoms with Gasteiger partial charge in [-0.1, -0.05) is 18.1 Å². The summed E-state index contributed by atoms with van der Waals surface area (Å²) in [6, 6.07) is 0.871. The third-order valence-electron chi connectivity index (χ3n) is 3.79. The monoisotopic (exact) mass is 307 g/mol. The molecule has 2 aliphatic carbocycles. The molecule has 2 rings (SSSR count). The first-order chi connectivity index (χ1) is 6.09. The van der Waals surface area contributed by atoms with Crippen LogP contribution in [-0.4, -0.2) is 31.7 Å². The molecule has 1 nitrogen and oxygen atoms in total. The number of hydrogen-bond acceptors (Lipinski definition) is 0. The van der Waals surface area contributed by atoms with Crippen LogP contribution >= 0.6 is 0 Å². The highest BCUT2D eigenvalue weighted by atomic mass is 127. The second-order valence-corrected chi connectivity index (χ2v) is 5.55. The van der Waals surface area contributed by atoms with Crippen molar-refractivity contribution in [3.8, 4) is 0 Å². The topological polar surface area (TPSA) is 0 Å². The molecule has 0 amide bonds. The molecule has 0 aromatic rings. The van der Waals surface area contributed by atoms with E-state index in [4.69, 9.17) is 0 Å². The van der Waals surface area contributed by atoms with Crippen molar-refractivity contribution in [2.45, 2.75) is 38.1 Å².